The van der Waals surface area contributed by atoms with Gasteiger partial charge in [0.15, 0.2) is 0 Å². The Morgan fingerprint density at radius 3 is 2.13 bits per heavy atom. The predicted octanol–water partition coefficient (Wildman–Crippen LogP) is 3.79. The molecule has 0 saturated heterocycles. The Balaban J connectivity index is 2.32. The van der Waals surface area contributed by atoms with E-state index < -0.39 is 28.1 Å². The minimum Gasteiger partial charge on any atom is -0.464 e. The van der Waals surface area contributed by atoms with Crippen molar-refractivity contribution in [3.8, 4) is 0 Å². The van der Waals surface area contributed by atoms with Crippen LogP contribution in [0.5, 0.6) is 0 Å². The third-order valence-corrected chi connectivity index (χ3v) is 6.10. The van der Waals surface area contributed by atoms with Crippen LogP contribution in [0.4, 0.5) is 4.79 Å². The molecule has 31 heavy (non-hydrogen) atoms. The van der Waals surface area contributed by atoms with Crippen molar-refractivity contribution in [2.75, 3.05) is 6.61 Å². The number of nitrogens with one attached hydrogen (secondary N) is 2. The highest BCUT2D eigenvalue weighted by atomic mass is 32.2. The lowest BCUT2D eigenvalue weighted by Crippen LogP contribution is -2.51. The molecule has 0 aliphatic heterocycles. The standard InChI is InChI=1S/C23H28N2O5S/c1-4-17(3)21(22(26)30-5-2)24-23(27)25-31(28,29)20(19-14-10-7-11-15-19)16-18-12-8-6-9-13-18/h6-17,21H,4-5H2,1-3H3,(H2,24,25,27)/b20-16-. The minimum atomic E-state index is -4.24. The van der Waals surface area contributed by atoms with E-state index in [1.54, 1.807) is 68.4 Å². The number of urea groups is 1. The molecule has 2 aromatic rings. The number of amides is 2. The van der Waals surface area contributed by atoms with Gasteiger partial charge in [0.05, 0.1) is 11.5 Å². The Hall–Kier alpha value is -3.13. The van der Waals surface area contributed by atoms with Crippen LogP contribution in [0.3, 0.4) is 0 Å². The lowest BCUT2D eigenvalue weighted by atomic mass is 9.99. The summed E-state index contributed by atoms with van der Waals surface area (Å²) in [7, 11) is -4.24. The fourth-order valence-electron chi connectivity index (χ4n) is 2.87. The van der Waals surface area contributed by atoms with Gasteiger partial charge in [-0.1, -0.05) is 80.9 Å². The van der Waals surface area contributed by atoms with Gasteiger partial charge in [-0.05, 0) is 30.0 Å². The monoisotopic (exact) mass is 444 g/mol. The van der Waals surface area contributed by atoms with Crippen LogP contribution in [0.1, 0.15) is 38.3 Å². The van der Waals surface area contributed by atoms with Crippen LogP contribution >= 0.6 is 0 Å². The number of carbonyl (C=O) groups excluding carboxylic acids is 2. The molecule has 166 valence electrons. The number of carbonyl (C=O) groups is 2. The van der Waals surface area contributed by atoms with Gasteiger partial charge in [-0.3, -0.25) is 0 Å². The van der Waals surface area contributed by atoms with E-state index in [-0.39, 0.29) is 17.4 Å². The van der Waals surface area contributed by atoms with Gasteiger partial charge in [-0.15, -0.1) is 0 Å². The molecule has 0 saturated carbocycles. The summed E-state index contributed by atoms with van der Waals surface area (Å²) in [5.74, 6) is -0.839. The van der Waals surface area contributed by atoms with Crippen LogP contribution < -0.4 is 10.0 Å². The summed E-state index contributed by atoms with van der Waals surface area (Å²) in [6, 6.07) is 15.5. The highest BCUT2D eigenvalue weighted by Crippen LogP contribution is 2.23. The van der Waals surface area contributed by atoms with E-state index in [0.29, 0.717) is 17.5 Å². The molecule has 0 bridgehead atoms. The second-order valence-electron chi connectivity index (χ2n) is 6.98. The van der Waals surface area contributed by atoms with Crippen LogP contribution in [0, 0.1) is 5.92 Å². The van der Waals surface area contributed by atoms with Crippen LogP contribution in [0.15, 0.2) is 60.7 Å². The number of ether oxygens (including phenoxy) is 1. The van der Waals surface area contributed by atoms with Crippen molar-refractivity contribution in [3.63, 3.8) is 0 Å². The number of sulfonamides is 1. The Labute approximate surface area is 183 Å². The molecule has 2 atom stereocenters. The fourth-order valence-corrected chi connectivity index (χ4v) is 4.02. The molecule has 2 rings (SSSR count). The molecule has 0 heterocycles. The number of esters is 1. The van der Waals surface area contributed by atoms with Crippen molar-refractivity contribution in [1.29, 1.82) is 0 Å². The summed E-state index contributed by atoms with van der Waals surface area (Å²) in [5.41, 5.74) is 1.09. The molecular weight excluding hydrogens is 416 g/mol. The van der Waals surface area contributed by atoms with Gasteiger partial charge < -0.3 is 10.1 Å². The van der Waals surface area contributed by atoms with Crippen molar-refractivity contribution >= 4 is 33.0 Å². The summed E-state index contributed by atoms with van der Waals surface area (Å²) >= 11 is 0. The second kappa shape index (κ2) is 11.3. The molecule has 0 fully saturated rings. The lowest BCUT2D eigenvalue weighted by molar-refractivity contribution is -0.146. The lowest BCUT2D eigenvalue weighted by Gasteiger charge is -2.22. The summed E-state index contributed by atoms with van der Waals surface area (Å²) < 4.78 is 33.3. The molecular formula is C23H28N2O5S. The second-order valence-corrected chi connectivity index (χ2v) is 8.63. The fraction of sp³-hybridized carbons (Fsp3) is 0.304. The Morgan fingerprint density at radius 2 is 1.58 bits per heavy atom. The van der Waals surface area contributed by atoms with Gasteiger partial charge in [0, 0.05) is 0 Å². The summed E-state index contributed by atoms with van der Waals surface area (Å²) in [6.07, 6.45) is 2.09. The van der Waals surface area contributed by atoms with Gasteiger partial charge in [-0.2, -0.15) is 0 Å². The molecule has 2 unspecified atom stereocenters. The van der Waals surface area contributed by atoms with Crippen molar-refractivity contribution < 1.29 is 22.7 Å². The summed E-state index contributed by atoms with van der Waals surface area (Å²) in [5, 5.41) is 2.45. The maximum atomic E-state index is 13.1. The van der Waals surface area contributed by atoms with Gasteiger partial charge in [0.1, 0.15) is 6.04 Å². The summed E-state index contributed by atoms with van der Waals surface area (Å²) in [6.45, 7) is 5.46. The largest absolute Gasteiger partial charge is 0.464 e. The first-order chi connectivity index (χ1) is 14.8. The van der Waals surface area contributed by atoms with E-state index in [4.69, 9.17) is 4.74 Å². The zero-order chi connectivity index (χ0) is 22.9. The van der Waals surface area contributed by atoms with Crippen LogP contribution in [-0.4, -0.2) is 33.1 Å². The highest BCUT2D eigenvalue weighted by molar-refractivity contribution is 7.99. The van der Waals surface area contributed by atoms with Gasteiger partial charge in [0.2, 0.25) is 0 Å². The third kappa shape index (κ3) is 6.96. The van der Waals surface area contributed by atoms with E-state index >= 15 is 0 Å². The van der Waals surface area contributed by atoms with Crippen LogP contribution in [0.25, 0.3) is 11.0 Å². The van der Waals surface area contributed by atoms with Crippen molar-refractivity contribution in [2.45, 2.75) is 33.2 Å². The average Bonchev–Trinajstić information content (AvgIpc) is 2.76. The first kappa shape index (κ1) is 24.1. The van der Waals surface area contributed by atoms with Crippen LogP contribution in [0.2, 0.25) is 0 Å². The smallest absolute Gasteiger partial charge is 0.329 e. The number of rotatable bonds is 9. The molecule has 0 spiro atoms. The predicted molar refractivity (Wildman–Crippen MR) is 121 cm³/mol. The molecule has 0 radical (unpaired) electrons. The summed E-state index contributed by atoms with van der Waals surface area (Å²) in [4.78, 5) is 24.7. The van der Waals surface area contributed by atoms with E-state index in [9.17, 15) is 18.0 Å². The maximum absolute atomic E-state index is 13.1. The van der Waals surface area contributed by atoms with Crippen molar-refractivity contribution in [1.82, 2.24) is 10.0 Å². The Kier molecular flexibility index (Phi) is 8.81. The van der Waals surface area contributed by atoms with E-state index in [1.165, 1.54) is 6.08 Å². The molecule has 2 amide bonds. The zero-order valence-corrected chi connectivity index (χ0v) is 18.7. The topological polar surface area (TPSA) is 102 Å². The molecule has 0 aliphatic carbocycles. The maximum Gasteiger partial charge on any atom is 0.329 e. The van der Waals surface area contributed by atoms with Gasteiger partial charge in [-0.25, -0.2) is 22.7 Å². The van der Waals surface area contributed by atoms with E-state index in [0.717, 1.165) is 0 Å². The Morgan fingerprint density at radius 1 is 1.00 bits per heavy atom. The minimum absolute atomic E-state index is 0.0642. The van der Waals surface area contributed by atoms with Crippen molar-refractivity contribution in [2.24, 2.45) is 5.92 Å². The number of hydrogen-bond donors (Lipinski definition) is 2. The first-order valence-electron chi connectivity index (χ1n) is 10.1. The SMILES string of the molecule is CCOC(=O)C(NC(=O)NS(=O)(=O)/C(=C\c1ccccc1)c1ccccc1)C(C)CC. The average molecular weight is 445 g/mol. The third-order valence-electron chi connectivity index (χ3n) is 4.71. The van der Waals surface area contributed by atoms with Crippen LogP contribution in [-0.2, 0) is 19.6 Å². The number of hydrogen-bond acceptors (Lipinski definition) is 5. The van der Waals surface area contributed by atoms with Gasteiger partial charge >= 0.3 is 12.0 Å². The van der Waals surface area contributed by atoms with Gasteiger partial charge in [0.25, 0.3) is 10.0 Å². The molecule has 7 nitrogen and oxygen atoms in total. The number of benzene rings is 2. The van der Waals surface area contributed by atoms with Crippen molar-refractivity contribution in [3.05, 3.63) is 71.8 Å². The first-order valence-corrected chi connectivity index (χ1v) is 11.6. The van der Waals surface area contributed by atoms with E-state index in [1.807, 2.05) is 17.7 Å². The molecule has 2 aromatic carbocycles. The molecule has 0 aromatic heterocycles. The quantitative estimate of drug-likeness (QED) is 0.453. The molecule has 2 N–H and O–H groups in total. The van der Waals surface area contributed by atoms with E-state index in [2.05, 4.69) is 5.32 Å². The zero-order valence-electron chi connectivity index (χ0n) is 17.9. The molecule has 0 aliphatic rings. The molecule has 8 heteroatoms. The Bertz CT molecular complexity index is 1000. The normalized spacial score (nSPS) is 13.7. The highest BCUT2D eigenvalue weighted by Gasteiger charge is 2.29.